The minimum absolute atomic E-state index is 0.149. The van der Waals surface area contributed by atoms with Crippen LogP contribution in [-0.2, 0) is 11.2 Å². The molecular weight excluding hydrogens is 238 g/mol. The van der Waals surface area contributed by atoms with E-state index >= 15 is 0 Å². The molecule has 4 heteroatoms. The Bertz CT molecular complexity index is 430. The molecule has 1 amide bonds. The van der Waals surface area contributed by atoms with Crippen molar-refractivity contribution < 1.29 is 4.79 Å². The van der Waals surface area contributed by atoms with E-state index in [1.54, 1.807) is 12.3 Å². The number of carbonyl (C=O) groups excluding carboxylic acids is 1. The van der Waals surface area contributed by atoms with Gasteiger partial charge in [-0.2, -0.15) is 0 Å². The van der Waals surface area contributed by atoms with E-state index in [1.807, 2.05) is 18.0 Å². The number of nitrogens with zero attached hydrogens (tertiary/aromatic N) is 2. The second-order valence-electron chi connectivity index (χ2n) is 5.59. The normalized spacial score (nSPS) is 23.1. The summed E-state index contributed by atoms with van der Waals surface area (Å²) < 4.78 is 0. The number of hydrogen-bond donors (Lipinski definition) is 1. The number of hydrogen-bond acceptors (Lipinski definition) is 3. The van der Waals surface area contributed by atoms with Crippen LogP contribution < -0.4 is 5.73 Å². The summed E-state index contributed by atoms with van der Waals surface area (Å²) in [6, 6.07) is 4.00. The second kappa shape index (κ2) is 6.04. The van der Waals surface area contributed by atoms with Crippen LogP contribution in [0.25, 0.3) is 0 Å². The Labute approximate surface area is 115 Å². The number of amides is 1. The van der Waals surface area contributed by atoms with Crippen LogP contribution >= 0.6 is 0 Å². The molecule has 0 radical (unpaired) electrons. The summed E-state index contributed by atoms with van der Waals surface area (Å²) in [5.74, 6) is 0.748. The van der Waals surface area contributed by atoms with Crippen molar-refractivity contribution in [3.05, 3.63) is 24.0 Å². The molecule has 2 unspecified atom stereocenters. The highest BCUT2D eigenvalue weighted by Gasteiger charge is 2.27. The Hall–Kier alpha value is -1.58. The van der Waals surface area contributed by atoms with E-state index in [4.69, 9.17) is 5.73 Å². The van der Waals surface area contributed by atoms with E-state index in [1.165, 1.54) is 19.3 Å². The predicted molar refractivity (Wildman–Crippen MR) is 76.5 cm³/mol. The molecule has 1 aliphatic rings. The second-order valence-corrected chi connectivity index (χ2v) is 5.59. The van der Waals surface area contributed by atoms with Gasteiger partial charge in [-0.05, 0) is 30.9 Å². The number of nitrogens with two attached hydrogens (primary N) is 1. The Morgan fingerprint density at radius 3 is 2.79 bits per heavy atom. The molecule has 2 N–H and O–H groups in total. The highest BCUT2D eigenvalue weighted by Crippen LogP contribution is 2.27. The van der Waals surface area contributed by atoms with Crippen LogP contribution in [0.5, 0.6) is 0 Å². The van der Waals surface area contributed by atoms with Gasteiger partial charge in [0.15, 0.2) is 0 Å². The van der Waals surface area contributed by atoms with Crippen molar-refractivity contribution >= 4 is 11.6 Å². The molecule has 4 nitrogen and oxygen atoms in total. The van der Waals surface area contributed by atoms with Gasteiger partial charge in [0.05, 0.1) is 18.3 Å². The number of likely N-dealkylation sites (N-methyl/N-ethyl adjacent to an activating group) is 1. The molecule has 1 aromatic rings. The zero-order valence-electron chi connectivity index (χ0n) is 11.8. The van der Waals surface area contributed by atoms with Gasteiger partial charge in [0.2, 0.25) is 5.91 Å². The van der Waals surface area contributed by atoms with E-state index in [0.29, 0.717) is 24.1 Å². The molecule has 2 rings (SSSR count). The topological polar surface area (TPSA) is 59.2 Å². The quantitative estimate of drug-likeness (QED) is 0.907. The number of rotatable bonds is 3. The maximum atomic E-state index is 12.3. The van der Waals surface area contributed by atoms with Crippen LogP contribution in [0.3, 0.4) is 0 Å². The first kappa shape index (κ1) is 13.8. The Kier molecular flexibility index (Phi) is 4.40. The maximum Gasteiger partial charge on any atom is 0.228 e. The Morgan fingerprint density at radius 2 is 2.16 bits per heavy atom. The summed E-state index contributed by atoms with van der Waals surface area (Å²) in [6.07, 6.45) is 6.83. The average Bonchev–Trinajstić information content (AvgIpc) is 2.41. The van der Waals surface area contributed by atoms with Crippen molar-refractivity contribution in [2.24, 2.45) is 5.92 Å². The van der Waals surface area contributed by atoms with E-state index in [9.17, 15) is 4.79 Å². The van der Waals surface area contributed by atoms with Crippen LogP contribution in [0.1, 0.15) is 38.3 Å². The highest BCUT2D eigenvalue weighted by molar-refractivity contribution is 5.78. The molecule has 0 saturated heterocycles. The van der Waals surface area contributed by atoms with Crippen molar-refractivity contribution in [2.75, 3.05) is 12.8 Å². The van der Waals surface area contributed by atoms with Gasteiger partial charge in [0.1, 0.15) is 0 Å². The molecule has 0 aromatic carbocycles. The van der Waals surface area contributed by atoms with Crippen LogP contribution in [0, 0.1) is 5.92 Å². The number of anilines is 1. The molecule has 2 atom stereocenters. The summed E-state index contributed by atoms with van der Waals surface area (Å²) in [6.45, 7) is 2.25. The Balaban J connectivity index is 1.96. The van der Waals surface area contributed by atoms with E-state index in [0.717, 1.165) is 12.1 Å². The smallest absolute Gasteiger partial charge is 0.228 e. The molecule has 104 valence electrons. The van der Waals surface area contributed by atoms with Crippen LogP contribution in [0.4, 0.5) is 5.69 Å². The predicted octanol–water partition coefficient (Wildman–Crippen LogP) is 2.24. The number of pyridine rings is 1. The number of aromatic nitrogens is 1. The lowest BCUT2D eigenvalue weighted by atomic mass is 9.85. The summed E-state index contributed by atoms with van der Waals surface area (Å²) in [7, 11) is 1.92. The van der Waals surface area contributed by atoms with Gasteiger partial charge in [0, 0.05) is 18.8 Å². The minimum Gasteiger partial charge on any atom is -0.397 e. The summed E-state index contributed by atoms with van der Waals surface area (Å²) in [5, 5.41) is 0. The van der Waals surface area contributed by atoms with Gasteiger partial charge >= 0.3 is 0 Å². The number of nitrogen functional groups attached to an aromatic ring is 1. The van der Waals surface area contributed by atoms with Gasteiger partial charge in [-0.1, -0.05) is 19.8 Å². The molecule has 0 aliphatic heterocycles. The molecule has 0 spiro atoms. The SMILES string of the molecule is CC1CCCCC1N(C)C(=O)Cc1ccc(N)cn1. The first-order chi connectivity index (χ1) is 9.08. The molecule has 1 aromatic heterocycles. The lowest BCUT2D eigenvalue weighted by Crippen LogP contribution is -2.43. The number of carbonyl (C=O) groups is 1. The molecule has 1 fully saturated rings. The van der Waals surface area contributed by atoms with Crippen molar-refractivity contribution in [3.63, 3.8) is 0 Å². The van der Waals surface area contributed by atoms with E-state index in [2.05, 4.69) is 11.9 Å². The van der Waals surface area contributed by atoms with Crippen LogP contribution in [0.15, 0.2) is 18.3 Å². The van der Waals surface area contributed by atoms with Crippen LogP contribution in [0.2, 0.25) is 0 Å². The van der Waals surface area contributed by atoms with Crippen molar-refractivity contribution in [1.82, 2.24) is 9.88 Å². The fourth-order valence-corrected chi connectivity index (χ4v) is 2.88. The van der Waals surface area contributed by atoms with Crippen molar-refractivity contribution in [2.45, 2.75) is 45.1 Å². The highest BCUT2D eigenvalue weighted by atomic mass is 16.2. The van der Waals surface area contributed by atoms with E-state index < -0.39 is 0 Å². The van der Waals surface area contributed by atoms with Gasteiger partial charge < -0.3 is 10.6 Å². The first-order valence-corrected chi connectivity index (χ1v) is 7.04. The lowest BCUT2D eigenvalue weighted by Gasteiger charge is -2.36. The molecular formula is C15H23N3O. The molecule has 1 aliphatic carbocycles. The molecule has 19 heavy (non-hydrogen) atoms. The van der Waals surface area contributed by atoms with Gasteiger partial charge in [-0.15, -0.1) is 0 Å². The standard InChI is InChI=1S/C15H23N3O/c1-11-5-3-4-6-14(11)18(2)15(19)9-13-8-7-12(16)10-17-13/h7-8,10-11,14H,3-6,9,16H2,1-2H3. The lowest BCUT2D eigenvalue weighted by molar-refractivity contribution is -0.132. The Morgan fingerprint density at radius 1 is 1.42 bits per heavy atom. The average molecular weight is 261 g/mol. The monoisotopic (exact) mass is 261 g/mol. The molecule has 1 saturated carbocycles. The molecule has 1 heterocycles. The summed E-state index contributed by atoms with van der Waals surface area (Å²) in [5.41, 5.74) is 7.01. The fraction of sp³-hybridized carbons (Fsp3) is 0.600. The van der Waals surface area contributed by atoms with Gasteiger partial charge in [0.25, 0.3) is 0 Å². The third-order valence-electron chi connectivity index (χ3n) is 4.14. The minimum atomic E-state index is 0.149. The zero-order valence-corrected chi connectivity index (χ0v) is 11.8. The third kappa shape index (κ3) is 3.46. The largest absolute Gasteiger partial charge is 0.397 e. The van der Waals surface area contributed by atoms with Gasteiger partial charge in [-0.3, -0.25) is 9.78 Å². The maximum absolute atomic E-state index is 12.3. The fourth-order valence-electron chi connectivity index (χ4n) is 2.88. The summed E-state index contributed by atoms with van der Waals surface area (Å²) >= 11 is 0. The van der Waals surface area contributed by atoms with Gasteiger partial charge in [-0.25, -0.2) is 0 Å². The zero-order chi connectivity index (χ0) is 13.8. The molecule has 0 bridgehead atoms. The van der Waals surface area contributed by atoms with Crippen molar-refractivity contribution in [3.8, 4) is 0 Å². The van der Waals surface area contributed by atoms with E-state index in [-0.39, 0.29) is 5.91 Å². The third-order valence-corrected chi connectivity index (χ3v) is 4.14. The van der Waals surface area contributed by atoms with Crippen LogP contribution in [-0.4, -0.2) is 28.9 Å². The first-order valence-electron chi connectivity index (χ1n) is 7.04. The summed E-state index contributed by atoms with van der Waals surface area (Å²) in [4.78, 5) is 18.4. The van der Waals surface area contributed by atoms with Crippen molar-refractivity contribution in [1.29, 1.82) is 0 Å².